The number of aromatic nitrogens is 1. The molecule has 708 valence electrons. The zero-order valence-electron chi connectivity index (χ0n) is 74.2. The number of alkyl halides is 5. The van der Waals surface area contributed by atoms with E-state index in [1.54, 1.807) is 110 Å². The largest absolute Gasteiger partial charge is 0.484 e. The summed E-state index contributed by atoms with van der Waals surface area (Å²) in [6.07, 6.45) is -1.35. The molecule has 2 heterocycles. The first-order valence-electron chi connectivity index (χ1n) is 42.2. The van der Waals surface area contributed by atoms with Crippen LogP contribution in [0.25, 0.3) is 33.2 Å². The number of nitro groups is 2. The van der Waals surface area contributed by atoms with Gasteiger partial charge in [0.15, 0.2) is 45.4 Å². The van der Waals surface area contributed by atoms with Crippen molar-refractivity contribution in [2.75, 3.05) is 60.9 Å². The summed E-state index contributed by atoms with van der Waals surface area (Å²) in [6.45, 7) is 1.90. The molecule has 15 rings (SSSR count). The molecule has 0 aliphatic rings. The van der Waals surface area contributed by atoms with Crippen molar-refractivity contribution in [3.05, 3.63) is 423 Å². The van der Waals surface area contributed by atoms with Crippen LogP contribution >= 0.6 is 11.6 Å². The highest BCUT2D eigenvalue weighted by atomic mass is 35.5. The van der Waals surface area contributed by atoms with Gasteiger partial charge in [-0.05, 0) is 180 Å². The Morgan fingerprint density at radius 1 is 0.410 bits per heavy atom. The van der Waals surface area contributed by atoms with E-state index in [2.05, 4.69) is 43.0 Å². The first kappa shape index (κ1) is 103. The third kappa shape index (κ3) is 35.9. The average molecular weight is 1910 g/mol. The summed E-state index contributed by atoms with van der Waals surface area (Å²) in [5.74, 6) is -1.70. The minimum absolute atomic E-state index is 0.0385. The van der Waals surface area contributed by atoms with Gasteiger partial charge >= 0.3 is 6.18 Å². The molecule has 13 aromatic carbocycles. The Labute approximate surface area is 798 Å². The number of fused-ring (bicyclic) bond motifs is 1. The van der Waals surface area contributed by atoms with E-state index in [0.717, 1.165) is 46.2 Å². The highest BCUT2D eigenvalue weighted by Crippen LogP contribution is 2.36. The molecule has 0 radical (unpaired) electrons. The monoisotopic (exact) mass is 1910 g/mol. The Bertz CT molecular complexity index is 6580. The molecule has 0 atom stereocenters. The summed E-state index contributed by atoms with van der Waals surface area (Å²) in [7, 11) is 0. The van der Waals surface area contributed by atoms with Gasteiger partial charge in [0.05, 0.1) is 45.5 Å². The van der Waals surface area contributed by atoms with E-state index in [1.807, 2.05) is 152 Å². The van der Waals surface area contributed by atoms with Crippen LogP contribution < -0.4 is 60.3 Å². The Balaban J connectivity index is 0.000000173. The second kappa shape index (κ2) is 53.1. The topological polar surface area (TPSA) is 383 Å². The van der Waals surface area contributed by atoms with Crippen molar-refractivity contribution in [1.29, 1.82) is 5.26 Å². The number of carbonyl (C=O) groups is 7. The molecular formula is C105H88ClF5N10O18. The molecule has 0 saturated carbocycles. The lowest BCUT2D eigenvalue weighted by molar-refractivity contribution is -0.385. The second-order valence-electron chi connectivity index (χ2n) is 29.4. The number of ketones is 1. The smallest absolute Gasteiger partial charge is 0.418 e. The van der Waals surface area contributed by atoms with E-state index in [9.17, 15) is 75.7 Å². The van der Waals surface area contributed by atoms with Crippen LogP contribution in [0, 0.1) is 31.6 Å². The normalized spacial score (nSPS) is 10.4. The maximum Gasteiger partial charge on any atom is 0.418 e. The number of benzene rings is 13. The van der Waals surface area contributed by atoms with E-state index >= 15 is 0 Å². The number of para-hydroxylation sites is 4. The lowest BCUT2D eigenvalue weighted by Gasteiger charge is -2.16. The fraction of sp³-hybridized carbons (Fsp3) is 0.114. The Morgan fingerprint density at radius 3 is 1.31 bits per heavy atom. The summed E-state index contributed by atoms with van der Waals surface area (Å²) >= 11 is 5.80. The molecule has 0 saturated heterocycles. The van der Waals surface area contributed by atoms with Gasteiger partial charge < -0.3 is 64.7 Å². The van der Waals surface area contributed by atoms with Crippen LogP contribution in [-0.2, 0) is 54.0 Å². The number of nitrogens with one attached hydrogen (secondary N) is 6. The number of anilines is 4. The molecule has 6 N–H and O–H groups in total. The molecule has 0 aliphatic heterocycles. The van der Waals surface area contributed by atoms with Crippen molar-refractivity contribution < 1.29 is 98.2 Å². The van der Waals surface area contributed by atoms with Gasteiger partial charge in [-0.15, -0.1) is 0 Å². The van der Waals surface area contributed by atoms with Crippen molar-refractivity contribution in [3.8, 4) is 62.8 Å². The molecule has 0 aliphatic carbocycles. The third-order valence-electron chi connectivity index (χ3n) is 19.0. The number of carbonyl (C=O) groups excluding carboxylic acids is 7. The number of rotatable bonds is 32. The molecule has 0 bridgehead atoms. The van der Waals surface area contributed by atoms with Crippen LogP contribution in [0.2, 0.25) is 5.02 Å². The van der Waals surface area contributed by atoms with E-state index in [-0.39, 0.29) is 78.9 Å². The number of nitro benzene ring substituents is 2. The van der Waals surface area contributed by atoms with E-state index in [1.165, 1.54) is 104 Å². The van der Waals surface area contributed by atoms with Gasteiger partial charge in [-0.25, -0.2) is 8.78 Å². The number of hydrogen-bond acceptors (Lipinski definition) is 20. The Kier molecular flexibility index (Phi) is 39.4. The van der Waals surface area contributed by atoms with Gasteiger partial charge in [0.1, 0.15) is 45.8 Å². The van der Waals surface area contributed by atoms with E-state index in [4.69, 9.17) is 49.7 Å². The fourth-order valence-corrected chi connectivity index (χ4v) is 12.4. The second-order valence-corrected chi connectivity index (χ2v) is 29.9. The third-order valence-corrected chi connectivity index (χ3v) is 19.2. The van der Waals surface area contributed by atoms with Crippen LogP contribution in [0.15, 0.2) is 369 Å². The molecule has 6 amide bonds. The number of amides is 6. The first-order valence-corrected chi connectivity index (χ1v) is 42.5. The zero-order valence-corrected chi connectivity index (χ0v) is 75.0. The molecule has 0 fully saturated rings. The number of ether oxygens (including phenoxy) is 6. The van der Waals surface area contributed by atoms with Crippen molar-refractivity contribution in [1.82, 2.24) is 15.6 Å². The van der Waals surface area contributed by atoms with Crippen LogP contribution in [0.3, 0.4) is 0 Å². The Morgan fingerprint density at radius 2 is 0.820 bits per heavy atom. The number of halogens is 6. The molecule has 34 heteroatoms. The summed E-state index contributed by atoms with van der Waals surface area (Å²) in [6, 6.07) is 100. The highest BCUT2D eigenvalue weighted by molar-refractivity contribution is 6.30. The molecule has 2 aromatic heterocycles. The number of furan rings is 1. The van der Waals surface area contributed by atoms with Gasteiger partial charge in [-0.1, -0.05) is 194 Å². The van der Waals surface area contributed by atoms with Crippen molar-refractivity contribution in [2.45, 2.75) is 39.0 Å². The highest BCUT2D eigenvalue weighted by Gasteiger charge is 2.34. The zero-order chi connectivity index (χ0) is 99.3. The molecule has 139 heavy (non-hydrogen) atoms. The summed E-state index contributed by atoms with van der Waals surface area (Å²) < 4.78 is 103. The minimum Gasteiger partial charge on any atom is -0.484 e. The van der Waals surface area contributed by atoms with Gasteiger partial charge in [0, 0.05) is 82.5 Å². The SMILES string of the molecule is CC(=O)c1ccc(OCC(=O)Nc2ccccc2C(F)(F)F)cc1.CC(F)(F)c1ccccc1NC(=O)COc1ccc(-c2ccccc2)cc1.N#Cc1ccc(-c2ccc(OCC(=O)Nc3cccc([N+](=O)[O-])c3)cc2)cc1.O=C(COc1cccc(Cl)c1)NCc1ccco1.O=C(COc1cccc2cccnc12)Nc1cccc([N+](=O)[O-])c1.O=C(COc1ccccc1)NCc1ccccc1. The van der Waals surface area contributed by atoms with Crippen LogP contribution in [0.1, 0.15) is 52.2 Å². The first-order chi connectivity index (χ1) is 67.0. The quantitative estimate of drug-likeness (QED) is 0.00987. The van der Waals surface area contributed by atoms with Crippen molar-refractivity contribution in [3.63, 3.8) is 0 Å². The van der Waals surface area contributed by atoms with Gasteiger partial charge in [0.2, 0.25) is 0 Å². The molecule has 0 unspecified atom stereocenters. The predicted octanol–water partition coefficient (Wildman–Crippen LogP) is 21.7. The predicted molar refractivity (Wildman–Crippen MR) is 515 cm³/mol. The molecule has 0 spiro atoms. The number of hydrogen-bond donors (Lipinski definition) is 6. The van der Waals surface area contributed by atoms with Crippen LogP contribution in [-0.4, -0.2) is 95.7 Å². The van der Waals surface area contributed by atoms with Crippen molar-refractivity contribution >= 4 is 97.9 Å². The maximum atomic E-state index is 13.6. The minimum atomic E-state index is -4.56. The van der Waals surface area contributed by atoms with E-state index in [0.29, 0.717) is 86.4 Å². The summed E-state index contributed by atoms with van der Waals surface area (Å²) in [5, 5.41) is 47.1. The number of nitriles is 1. The number of Topliss-reactive ketones (excluding diaryl/α,β-unsaturated/α-hetero) is 1. The lowest BCUT2D eigenvalue weighted by atomic mass is 10.0. The Hall–Kier alpha value is -17.9. The average Bonchev–Trinajstić information content (AvgIpc) is 1.02. The van der Waals surface area contributed by atoms with Crippen LogP contribution in [0.5, 0.6) is 34.5 Å². The lowest BCUT2D eigenvalue weighted by Crippen LogP contribution is -2.28. The fourth-order valence-electron chi connectivity index (χ4n) is 12.3. The number of non-ortho nitro benzene ring substituents is 2. The van der Waals surface area contributed by atoms with Crippen LogP contribution in [0.4, 0.5) is 56.1 Å². The number of nitrogens with zero attached hydrogens (tertiary/aromatic N) is 4. The van der Waals surface area contributed by atoms with E-state index < -0.39 is 57.7 Å². The van der Waals surface area contributed by atoms with Crippen molar-refractivity contribution in [2.24, 2.45) is 0 Å². The molecule has 15 aromatic rings. The molecular weight excluding hydrogens is 1820 g/mol. The standard InChI is InChI=1S/C22H19F2NO2.C21H15N3O4.C17H14F3NO3.C17H13N3O4.C15H15NO2.C13H12ClNO3/c1-22(23,24)19-9-5-6-10-20(19)25-21(26)15-27-18-13-11-17(12-14-18)16-7-3-2-4-8-16;22-13-15-4-6-16(7-5-15)17-8-10-20(11-9-17)28-14-21(25)23-18-2-1-3-19(12-18)24(26)27;1-11(22)12-6-8-13(9-7-12)24-10-16(23)21-15-5-3-2-4-14(15)17(18,19)20;21-16(19-13-6-2-7-14(10-13)20(22)23)11-24-15-8-1-4-12-5-3-9-18-17(12)15;17-15(12-18-14-9-5-2-6-10-14)16-11-13-7-3-1-4-8-13;14-10-3-1-4-11(7-10)18-9-13(16)15-8-12-5-2-6-17-12/h2-14H,15H2,1H3,(H,25,26);1-12H,14H2,(H,23,25);2-9H,10H2,1H3,(H,21,23);1-10H,11H2,(H,19,21);1-10H,11-12H2,(H,16,17);1-7H,8-9H2,(H,15,16). The molecule has 28 nitrogen and oxygen atoms in total. The maximum absolute atomic E-state index is 13.6. The number of pyridine rings is 1. The van der Waals surface area contributed by atoms with Gasteiger partial charge in [-0.2, -0.15) is 18.4 Å². The summed E-state index contributed by atoms with van der Waals surface area (Å²) in [5.41, 5.74) is 5.95. The summed E-state index contributed by atoms with van der Waals surface area (Å²) in [4.78, 5) is 107. The van der Waals surface area contributed by atoms with Gasteiger partial charge in [-0.3, -0.25) is 58.8 Å². The van der Waals surface area contributed by atoms with Gasteiger partial charge in [0.25, 0.3) is 52.7 Å².